The predicted molar refractivity (Wildman–Crippen MR) is 84.5 cm³/mol. The second-order valence-electron chi connectivity index (χ2n) is 5.14. The smallest absolute Gasteiger partial charge is 0.248 e. The molecule has 1 aromatic rings. The van der Waals surface area contributed by atoms with Crippen LogP contribution in [0.3, 0.4) is 0 Å². The van der Waals surface area contributed by atoms with Crippen LogP contribution in [0.15, 0.2) is 35.2 Å². The summed E-state index contributed by atoms with van der Waals surface area (Å²) in [5.41, 5.74) is 0. The second kappa shape index (κ2) is 8.39. The van der Waals surface area contributed by atoms with Crippen LogP contribution in [-0.4, -0.2) is 76.6 Å². The number of hydrogen-bond donors (Lipinski definition) is 0. The van der Waals surface area contributed by atoms with Crippen molar-refractivity contribution in [3.05, 3.63) is 30.3 Å². The minimum atomic E-state index is -3.49. The van der Waals surface area contributed by atoms with Crippen molar-refractivity contribution in [3.8, 4) is 0 Å². The summed E-state index contributed by atoms with van der Waals surface area (Å²) in [5, 5.41) is 0. The molecule has 23 heavy (non-hydrogen) atoms. The lowest BCUT2D eigenvalue weighted by molar-refractivity contribution is -0.137. The fourth-order valence-electron chi connectivity index (χ4n) is 2.31. The molecule has 0 aliphatic carbocycles. The number of hydrogen-bond acceptors (Lipinski definition) is 5. The lowest BCUT2D eigenvalue weighted by Gasteiger charge is -2.34. The van der Waals surface area contributed by atoms with Gasteiger partial charge in [-0.05, 0) is 12.1 Å². The second-order valence-corrected chi connectivity index (χ2v) is 7.08. The monoisotopic (exact) mass is 342 g/mol. The van der Waals surface area contributed by atoms with Gasteiger partial charge in [0.05, 0.1) is 18.1 Å². The summed E-state index contributed by atoms with van der Waals surface area (Å²) in [4.78, 5) is 13.9. The average molecular weight is 342 g/mol. The lowest BCUT2D eigenvalue weighted by atomic mass is 10.3. The Balaban J connectivity index is 1.85. The molecule has 0 saturated carbocycles. The van der Waals surface area contributed by atoms with Crippen LogP contribution in [0.25, 0.3) is 0 Å². The van der Waals surface area contributed by atoms with E-state index in [1.165, 1.54) is 4.31 Å². The molecule has 0 radical (unpaired) electrons. The van der Waals surface area contributed by atoms with Crippen LogP contribution in [0.2, 0.25) is 0 Å². The predicted octanol–water partition coefficient (Wildman–Crippen LogP) is 0.183. The number of piperazine rings is 1. The minimum absolute atomic E-state index is 0.00516. The molecule has 1 heterocycles. The molecule has 2 rings (SSSR count). The maximum absolute atomic E-state index is 12.5. The summed E-state index contributed by atoms with van der Waals surface area (Å²) < 4.78 is 36.4. The minimum Gasteiger partial charge on any atom is -0.382 e. The summed E-state index contributed by atoms with van der Waals surface area (Å²) in [6, 6.07) is 8.33. The van der Waals surface area contributed by atoms with Crippen molar-refractivity contribution in [2.24, 2.45) is 0 Å². The van der Waals surface area contributed by atoms with Gasteiger partial charge >= 0.3 is 0 Å². The van der Waals surface area contributed by atoms with Crippen molar-refractivity contribution in [2.75, 3.05) is 53.1 Å². The first kappa shape index (κ1) is 17.9. The highest BCUT2D eigenvalue weighted by atomic mass is 32.2. The summed E-state index contributed by atoms with van der Waals surface area (Å²) in [5.74, 6) is -0.127. The van der Waals surface area contributed by atoms with Gasteiger partial charge in [-0.2, -0.15) is 4.31 Å². The first-order chi connectivity index (χ1) is 11.1. The Hall–Kier alpha value is -1.48. The normalized spacial score (nSPS) is 16.5. The summed E-state index contributed by atoms with van der Waals surface area (Å²) in [6.45, 7) is 2.13. The van der Waals surface area contributed by atoms with Crippen molar-refractivity contribution < 1.29 is 22.7 Å². The molecule has 1 saturated heterocycles. The summed E-state index contributed by atoms with van der Waals surface area (Å²) >= 11 is 0. The van der Waals surface area contributed by atoms with E-state index in [2.05, 4.69) is 0 Å². The molecule has 1 aromatic carbocycles. The molecule has 1 aliphatic rings. The van der Waals surface area contributed by atoms with Gasteiger partial charge in [0.1, 0.15) is 6.61 Å². The third-order valence-electron chi connectivity index (χ3n) is 3.63. The molecule has 0 N–H and O–H groups in total. The van der Waals surface area contributed by atoms with Crippen LogP contribution < -0.4 is 0 Å². The number of sulfonamides is 1. The van der Waals surface area contributed by atoms with Crippen molar-refractivity contribution in [1.29, 1.82) is 0 Å². The zero-order chi connectivity index (χ0) is 16.7. The standard InChI is InChI=1S/C15H22N2O5S/c1-21-11-12-22-13-15(18)16-7-9-17(10-8-16)23(19,20)14-5-3-2-4-6-14/h2-6H,7-13H2,1H3. The number of rotatable bonds is 7. The number of carbonyl (C=O) groups is 1. The van der Waals surface area contributed by atoms with E-state index < -0.39 is 10.0 Å². The van der Waals surface area contributed by atoms with E-state index in [9.17, 15) is 13.2 Å². The highest BCUT2D eigenvalue weighted by molar-refractivity contribution is 7.89. The van der Waals surface area contributed by atoms with Gasteiger partial charge in [-0.1, -0.05) is 18.2 Å². The topological polar surface area (TPSA) is 76.2 Å². The number of ether oxygens (including phenoxy) is 2. The fraction of sp³-hybridized carbons (Fsp3) is 0.533. The van der Waals surface area contributed by atoms with E-state index >= 15 is 0 Å². The summed E-state index contributed by atoms with van der Waals surface area (Å²) in [6.07, 6.45) is 0. The number of nitrogens with zero attached hydrogens (tertiary/aromatic N) is 2. The molecule has 0 spiro atoms. The Morgan fingerprint density at radius 2 is 1.74 bits per heavy atom. The van der Waals surface area contributed by atoms with Crippen LogP contribution in [0.1, 0.15) is 0 Å². The zero-order valence-electron chi connectivity index (χ0n) is 13.2. The Morgan fingerprint density at radius 1 is 1.09 bits per heavy atom. The molecule has 0 unspecified atom stereocenters. The van der Waals surface area contributed by atoms with Gasteiger partial charge in [-0.3, -0.25) is 4.79 Å². The fourth-order valence-corrected chi connectivity index (χ4v) is 3.76. The van der Waals surface area contributed by atoms with E-state index in [1.807, 2.05) is 0 Å². The van der Waals surface area contributed by atoms with Gasteiger partial charge in [0.25, 0.3) is 0 Å². The highest BCUT2D eigenvalue weighted by Crippen LogP contribution is 2.17. The van der Waals surface area contributed by atoms with Crippen molar-refractivity contribution in [3.63, 3.8) is 0 Å². The molecular weight excluding hydrogens is 320 g/mol. The summed E-state index contributed by atoms with van der Waals surface area (Å²) in [7, 11) is -1.92. The Bertz CT molecular complexity index is 598. The van der Waals surface area contributed by atoms with Gasteiger partial charge in [-0.25, -0.2) is 8.42 Å². The van der Waals surface area contributed by atoms with Gasteiger partial charge in [0.15, 0.2) is 0 Å². The maximum Gasteiger partial charge on any atom is 0.248 e. The van der Waals surface area contributed by atoms with Crippen molar-refractivity contribution in [1.82, 2.24) is 9.21 Å². The van der Waals surface area contributed by atoms with Gasteiger partial charge in [0, 0.05) is 33.3 Å². The first-order valence-electron chi connectivity index (χ1n) is 7.45. The number of methoxy groups -OCH3 is 1. The third kappa shape index (κ3) is 4.74. The molecule has 8 heteroatoms. The quantitative estimate of drug-likeness (QED) is 0.661. The molecule has 1 aliphatic heterocycles. The average Bonchev–Trinajstić information content (AvgIpc) is 2.59. The highest BCUT2D eigenvalue weighted by Gasteiger charge is 2.29. The Labute approximate surface area is 136 Å². The van der Waals surface area contributed by atoms with Crippen LogP contribution in [-0.2, 0) is 24.3 Å². The molecule has 7 nitrogen and oxygen atoms in total. The van der Waals surface area contributed by atoms with E-state index in [4.69, 9.17) is 9.47 Å². The molecule has 0 atom stereocenters. The SMILES string of the molecule is COCCOCC(=O)N1CCN(S(=O)(=O)c2ccccc2)CC1. The Kier molecular flexibility index (Phi) is 6.52. The molecular formula is C15H22N2O5S. The molecule has 128 valence electrons. The zero-order valence-corrected chi connectivity index (χ0v) is 14.0. The number of carbonyl (C=O) groups excluding carboxylic acids is 1. The van der Waals surface area contributed by atoms with E-state index in [0.717, 1.165) is 0 Å². The maximum atomic E-state index is 12.5. The van der Waals surface area contributed by atoms with E-state index in [1.54, 1.807) is 42.3 Å². The van der Waals surface area contributed by atoms with Crippen LogP contribution in [0.5, 0.6) is 0 Å². The van der Waals surface area contributed by atoms with Crippen LogP contribution in [0.4, 0.5) is 0 Å². The molecule has 1 fully saturated rings. The number of benzene rings is 1. The van der Waals surface area contributed by atoms with Crippen LogP contribution >= 0.6 is 0 Å². The van der Waals surface area contributed by atoms with Gasteiger partial charge in [-0.15, -0.1) is 0 Å². The van der Waals surface area contributed by atoms with Crippen molar-refractivity contribution >= 4 is 15.9 Å². The van der Waals surface area contributed by atoms with E-state index in [-0.39, 0.29) is 17.4 Å². The van der Waals surface area contributed by atoms with Crippen LogP contribution in [0, 0.1) is 0 Å². The molecule has 0 bridgehead atoms. The van der Waals surface area contributed by atoms with Crippen molar-refractivity contribution in [2.45, 2.75) is 4.90 Å². The number of amides is 1. The molecule has 0 aromatic heterocycles. The third-order valence-corrected chi connectivity index (χ3v) is 5.54. The van der Waals surface area contributed by atoms with E-state index in [0.29, 0.717) is 39.4 Å². The first-order valence-corrected chi connectivity index (χ1v) is 8.89. The lowest BCUT2D eigenvalue weighted by Crippen LogP contribution is -2.51. The Morgan fingerprint density at radius 3 is 2.35 bits per heavy atom. The van der Waals surface area contributed by atoms with Gasteiger partial charge < -0.3 is 14.4 Å². The van der Waals surface area contributed by atoms with Gasteiger partial charge in [0.2, 0.25) is 15.9 Å². The largest absolute Gasteiger partial charge is 0.382 e. The molecule has 1 amide bonds.